The van der Waals surface area contributed by atoms with Crippen LogP contribution in [0.3, 0.4) is 0 Å². The summed E-state index contributed by atoms with van der Waals surface area (Å²) in [5, 5.41) is 47.9. The molecule has 0 radical (unpaired) electrons. The Kier molecular flexibility index (Phi) is 8.09. The normalized spacial score (nSPS) is 33.0. The van der Waals surface area contributed by atoms with Crippen LogP contribution in [0.1, 0.15) is 40.0 Å². The summed E-state index contributed by atoms with van der Waals surface area (Å²) in [7, 11) is 0. The molecule has 0 spiro atoms. The van der Waals surface area contributed by atoms with E-state index in [-0.39, 0.29) is 6.61 Å². The van der Waals surface area contributed by atoms with Crippen molar-refractivity contribution in [2.24, 2.45) is 0 Å². The van der Waals surface area contributed by atoms with Crippen LogP contribution in [0.25, 0.3) is 0 Å². The maximum absolute atomic E-state index is 9.83. The fourth-order valence-corrected chi connectivity index (χ4v) is 2.39. The molecule has 0 bridgehead atoms. The summed E-state index contributed by atoms with van der Waals surface area (Å²) in [5.74, 6) is 0. The van der Waals surface area contributed by atoms with Gasteiger partial charge in [0.25, 0.3) is 0 Å². The number of rotatable bonds is 8. The van der Waals surface area contributed by atoms with Crippen LogP contribution in [0.4, 0.5) is 0 Å². The summed E-state index contributed by atoms with van der Waals surface area (Å²) in [6, 6.07) is 0. The van der Waals surface area contributed by atoms with Gasteiger partial charge in [0.2, 0.25) is 0 Å². The minimum absolute atomic E-state index is 0.178. The molecule has 0 amide bonds. The fourth-order valence-electron chi connectivity index (χ4n) is 2.39. The van der Waals surface area contributed by atoms with E-state index in [0.29, 0.717) is 6.42 Å². The van der Waals surface area contributed by atoms with Crippen LogP contribution in [-0.4, -0.2) is 75.1 Å². The van der Waals surface area contributed by atoms with Gasteiger partial charge in [-0.2, -0.15) is 0 Å². The topological polar surface area (TPSA) is 120 Å². The summed E-state index contributed by atoms with van der Waals surface area (Å²) in [6.45, 7) is 5.19. The van der Waals surface area contributed by atoms with E-state index in [4.69, 9.17) is 14.6 Å². The van der Waals surface area contributed by atoms with E-state index in [0.717, 1.165) is 18.4 Å². The molecule has 0 unspecified atom stereocenters. The van der Waals surface area contributed by atoms with Crippen LogP contribution >= 0.6 is 0 Å². The predicted octanol–water partition coefficient (Wildman–Crippen LogP) is -0.310. The number of aliphatic hydroxyl groups excluding tert-OH is 4. The third-order valence-corrected chi connectivity index (χ3v) is 3.90. The van der Waals surface area contributed by atoms with Gasteiger partial charge in [-0.15, -0.1) is 0 Å². The molecule has 0 aromatic rings. The first-order valence-corrected chi connectivity index (χ1v) is 7.96. The largest absolute Gasteiger partial charge is 0.394 e. The van der Waals surface area contributed by atoms with E-state index in [2.05, 4.69) is 0 Å². The number of hydrogen-bond acceptors (Lipinski definition) is 7. The molecule has 5 atom stereocenters. The van der Waals surface area contributed by atoms with Gasteiger partial charge in [-0.1, -0.05) is 11.6 Å². The summed E-state index contributed by atoms with van der Waals surface area (Å²) in [5.41, 5.74) is 0.409. The Labute approximate surface area is 137 Å². The minimum atomic E-state index is -1.43. The highest BCUT2D eigenvalue weighted by molar-refractivity contribution is 4.98. The van der Waals surface area contributed by atoms with Gasteiger partial charge in [0.15, 0.2) is 6.29 Å². The van der Waals surface area contributed by atoms with E-state index in [1.165, 1.54) is 0 Å². The second kappa shape index (κ2) is 9.08. The number of ether oxygens (including phenoxy) is 2. The van der Waals surface area contributed by atoms with Crippen molar-refractivity contribution < 1.29 is 35.0 Å². The summed E-state index contributed by atoms with van der Waals surface area (Å²) in [4.78, 5) is 0. The van der Waals surface area contributed by atoms with Crippen LogP contribution in [0.15, 0.2) is 11.6 Å². The van der Waals surface area contributed by atoms with Crippen LogP contribution < -0.4 is 0 Å². The van der Waals surface area contributed by atoms with Gasteiger partial charge < -0.3 is 35.0 Å². The Balaban J connectivity index is 2.40. The Hall–Kier alpha value is -0.540. The van der Waals surface area contributed by atoms with Gasteiger partial charge in [-0.3, -0.25) is 0 Å². The molecule has 1 aliphatic rings. The molecule has 1 rings (SSSR count). The van der Waals surface area contributed by atoms with E-state index in [9.17, 15) is 20.4 Å². The molecule has 1 aliphatic heterocycles. The standard InChI is InChI=1S/C16H30O7/c1-10(5-4-7-16(2,3)21)6-8-22-15-14(20)13(19)12(18)11(9-17)23-15/h6,11-15,17-21H,4-5,7-9H2,1-3H3/b10-6+/t11-,12-,13+,14-,15-/m1/s1. The van der Waals surface area contributed by atoms with E-state index < -0.39 is 42.9 Å². The highest BCUT2D eigenvalue weighted by Crippen LogP contribution is 2.22. The first-order valence-electron chi connectivity index (χ1n) is 7.96. The first kappa shape index (κ1) is 20.5. The molecule has 1 heterocycles. The average Bonchev–Trinajstić information content (AvgIpc) is 2.46. The predicted molar refractivity (Wildman–Crippen MR) is 83.6 cm³/mol. The third kappa shape index (κ3) is 6.84. The Morgan fingerprint density at radius 1 is 1.17 bits per heavy atom. The lowest BCUT2D eigenvalue weighted by molar-refractivity contribution is -0.298. The Bertz CT molecular complexity index is 375. The van der Waals surface area contributed by atoms with Crippen LogP contribution in [0.2, 0.25) is 0 Å². The van der Waals surface area contributed by atoms with Crippen molar-refractivity contribution in [3.63, 3.8) is 0 Å². The third-order valence-electron chi connectivity index (χ3n) is 3.90. The fraction of sp³-hybridized carbons (Fsp3) is 0.875. The quantitative estimate of drug-likeness (QED) is 0.386. The molecule has 0 aromatic heterocycles. The second-order valence-electron chi connectivity index (χ2n) is 6.75. The SMILES string of the molecule is C/C(=C\CO[C@@H]1O[C@H](CO)[C@@H](O)[C@H](O)[C@H]1O)CCCC(C)(C)O. The number of aliphatic hydroxyl groups is 5. The summed E-state index contributed by atoms with van der Waals surface area (Å²) >= 11 is 0. The van der Waals surface area contributed by atoms with Crippen molar-refractivity contribution in [3.8, 4) is 0 Å². The molecular formula is C16H30O7. The molecule has 7 nitrogen and oxygen atoms in total. The molecular weight excluding hydrogens is 304 g/mol. The van der Waals surface area contributed by atoms with Gasteiger partial charge >= 0.3 is 0 Å². The monoisotopic (exact) mass is 334 g/mol. The van der Waals surface area contributed by atoms with Gasteiger partial charge in [0.1, 0.15) is 24.4 Å². The Morgan fingerprint density at radius 3 is 2.39 bits per heavy atom. The molecule has 0 aliphatic carbocycles. The lowest BCUT2D eigenvalue weighted by atomic mass is 9.99. The molecule has 1 fully saturated rings. The number of allylic oxidation sites excluding steroid dienone is 1. The average molecular weight is 334 g/mol. The molecule has 23 heavy (non-hydrogen) atoms. The van der Waals surface area contributed by atoms with Gasteiger partial charge in [0.05, 0.1) is 18.8 Å². The first-order chi connectivity index (χ1) is 10.7. The molecule has 7 heteroatoms. The van der Waals surface area contributed by atoms with Gasteiger partial charge in [0, 0.05) is 0 Å². The second-order valence-corrected chi connectivity index (χ2v) is 6.75. The number of hydrogen-bond donors (Lipinski definition) is 5. The summed E-state index contributed by atoms with van der Waals surface area (Å²) < 4.78 is 10.6. The van der Waals surface area contributed by atoms with E-state index >= 15 is 0 Å². The smallest absolute Gasteiger partial charge is 0.187 e. The van der Waals surface area contributed by atoms with Crippen LogP contribution in [0.5, 0.6) is 0 Å². The molecule has 1 saturated heterocycles. The van der Waals surface area contributed by atoms with E-state index in [1.54, 1.807) is 13.8 Å². The molecule has 0 saturated carbocycles. The van der Waals surface area contributed by atoms with Crippen molar-refractivity contribution >= 4 is 0 Å². The summed E-state index contributed by atoms with van der Waals surface area (Å²) in [6.07, 6.45) is -2.04. The van der Waals surface area contributed by atoms with Gasteiger partial charge in [-0.05, 0) is 40.0 Å². The lowest BCUT2D eigenvalue weighted by Gasteiger charge is -2.39. The van der Waals surface area contributed by atoms with Crippen molar-refractivity contribution in [1.82, 2.24) is 0 Å². The van der Waals surface area contributed by atoms with Crippen molar-refractivity contribution in [3.05, 3.63) is 11.6 Å². The lowest BCUT2D eigenvalue weighted by Crippen LogP contribution is -2.59. The van der Waals surface area contributed by atoms with Gasteiger partial charge in [-0.25, -0.2) is 0 Å². The maximum atomic E-state index is 9.83. The van der Waals surface area contributed by atoms with Crippen molar-refractivity contribution in [2.75, 3.05) is 13.2 Å². The maximum Gasteiger partial charge on any atom is 0.187 e. The highest BCUT2D eigenvalue weighted by Gasteiger charge is 2.43. The van der Waals surface area contributed by atoms with Crippen molar-refractivity contribution in [1.29, 1.82) is 0 Å². The zero-order chi connectivity index (χ0) is 17.6. The molecule has 0 aromatic carbocycles. The van der Waals surface area contributed by atoms with Crippen LogP contribution in [0, 0.1) is 0 Å². The Morgan fingerprint density at radius 2 is 1.83 bits per heavy atom. The van der Waals surface area contributed by atoms with E-state index in [1.807, 2.05) is 13.0 Å². The molecule has 5 N–H and O–H groups in total. The minimum Gasteiger partial charge on any atom is -0.394 e. The highest BCUT2D eigenvalue weighted by atomic mass is 16.7. The molecule has 136 valence electrons. The zero-order valence-corrected chi connectivity index (χ0v) is 14.1. The van der Waals surface area contributed by atoms with Crippen molar-refractivity contribution in [2.45, 2.75) is 76.3 Å². The zero-order valence-electron chi connectivity index (χ0n) is 14.1. The van der Waals surface area contributed by atoms with Crippen LogP contribution in [-0.2, 0) is 9.47 Å².